The number of rotatable bonds is 2. The van der Waals surface area contributed by atoms with Crippen LogP contribution in [-0.4, -0.2) is 0 Å². The summed E-state index contributed by atoms with van der Waals surface area (Å²) in [5.74, 6) is 0. The van der Waals surface area contributed by atoms with Crippen LogP contribution in [0.2, 0.25) is 0 Å². The number of anilines is 1. The molecule has 0 spiro atoms. The molecule has 12 heavy (non-hydrogen) atoms. The summed E-state index contributed by atoms with van der Waals surface area (Å²) in [5.41, 5.74) is 10.8. The fourth-order valence-electron chi connectivity index (χ4n) is 1.45. The van der Waals surface area contributed by atoms with Crippen molar-refractivity contribution in [3.05, 3.63) is 28.8 Å². The third-order valence-corrected chi connectivity index (χ3v) is 2.32. The number of hydrogen-bond acceptors (Lipinski definition) is 1. The van der Waals surface area contributed by atoms with Gasteiger partial charge in [0, 0.05) is 5.69 Å². The lowest BCUT2D eigenvalue weighted by Gasteiger charge is -2.08. The van der Waals surface area contributed by atoms with E-state index in [9.17, 15) is 0 Å². The first-order valence-corrected chi connectivity index (χ1v) is 4.56. The molecule has 0 saturated heterocycles. The average Bonchev–Trinajstić information content (AvgIpc) is 2.09. The van der Waals surface area contributed by atoms with Gasteiger partial charge in [-0.1, -0.05) is 26.0 Å². The van der Waals surface area contributed by atoms with Crippen molar-refractivity contribution in [2.45, 2.75) is 33.6 Å². The van der Waals surface area contributed by atoms with Crippen LogP contribution in [0.25, 0.3) is 0 Å². The van der Waals surface area contributed by atoms with E-state index in [1.54, 1.807) is 0 Å². The Kier molecular flexibility index (Phi) is 2.74. The molecule has 0 aliphatic rings. The Morgan fingerprint density at radius 2 is 1.83 bits per heavy atom. The van der Waals surface area contributed by atoms with E-state index in [0.29, 0.717) is 0 Å². The largest absolute Gasteiger partial charge is 0.398 e. The highest BCUT2D eigenvalue weighted by atomic mass is 14.6. The predicted molar refractivity (Wildman–Crippen MR) is 54.3 cm³/mol. The Morgan fingerprint density at radius 1 is 1.17 bits per heavy atom. The van der Waals surface area contributed by atoms with Crippen LogP contribution in [0.15, 0.2) is 12.1 Å². The van der Waals surface area contributed by atoms with Crippen molar-refractivity contribution in [2.24, 2.45) is 0 Å². The highest BCUT2D eigenvalue weighted by Crippen LogP contribution is 2.20. The fourth-order valence-corrected chi connectivity index (χ4v) is 1.45. The summed E-state index contributed by atoms with van der Waals surface area (Å²) in [4.78, 5) is 0. The first-order valence-electron chi connectivity index (χ1n) is 4.56. The minimum absolute atomic E-state index is 0.967. The number of nitrogens with two attached hydrogens (primary N) is 1. The van der Waals surface area contributed by atoms with Crippen molar-refractivity contribution in [1.29, 1.82) is 0 Å². The van der Waals surface area contributed by atoms with Gasteiger partial charge in [-0.25, -0.2) is 0 Å². The van der Waals surface area contributed by atoms with E-state index in [0.717, 1.165) is 18.5 Å². The Bertz CT molecular complexity index is 277. The molecular formula is C11H17N. The molecule has 0 amide bonds. The van der Waals surface area contributed by atoms with E-state index < -0.39 is 0 Å². The maximum Gasteiger partial charge on any atom is 0.0376 e. The summed E-state index contributed by atoms with van der Waals surface area (Å²) in [7, 11) is 0. The molecule has 1 aromatic carbocycles. The van der Waals surface area contributed by atoms with Crippen LogP contribution in [0, 0.1) is 6.92 Å². The molecule has 2 N–H and O–H groups in total. The molecule has 1 nitrogen and oxygen atoms in total. The monoisotopic (exact) mass is 163 g/mol. The quantitative estimate of drug-likeness (QED) is 0.666. The van der Waals surface area contributed by atoms with Gasteiger partial charge in [0.25, 0.3) is 0 Å². The van der Waals surface area contributed by atoms with E-state index in [1.807, 2.05) is 0 Å². The topological polar surface area (TPSA) is 26.0 Å². The maximum absolute atomic E-state index is 5.92. The van der Waals surface area contributed by atoms with Crippen LogP contribution < -0.4 is 5.73 Å². The van der Waals surface area contributed by atoms with Crippen LogP contribution in [0.4, 0.5) is 5.69 Å². The van der Waals surface area contributed by atoms with Crippen molar-refractivity contribution in [3.63, 3.8) is 0 Å². The molecule has 0 unspecified atom stereocenters. The summed E-state index contributed by atoms with van der Waals surface area (Å²) in [6, 6.07) is 4.39. The van der Waals surface area contributed by atoms with Crippen LogP contribution in [0.5, 0.6) is 0 Å². The highest BCUT2D eigenvalue weighted by Gasteiger charge is 2.01. The molecule has 0 aromatic heterocycles. The van der Waals surface area contributed by atoms with Gasteiger partial charge in [0.15, 0.2) is 0 Å². The molecule has 0 aliphatic heterocycles. The summed E-state index contributed by atoms with van der Waals surface area (Å²) >= 11 is 0. The van der Waals surface area contributed by atoms with Gasteiger partial charge in [-0.05, 0) is 36.5 Å². The van der Waals surface area contributed by atoms with Crippen molar-refractivity contribution in [3.8, 4) is 0 Å². The van der Waals surface area contributed by atoms with Crippen molar-refractivity contribution >= 4 is 5.69 Å². The number of hydrogen-bond donors (Lipinski definition) is 1. The second-order valence-electron chi connectivity index (χ2n) is 3.19. The normalized spacial score (nSPS) is 10.2. The zero-order valence-electron chi connectivity index (χ0n) is 8.15. The number of nitrogen functional groups attached to an aromatic ring is 1. The number of benzene rings is 1. The molecule has 0 bridgehead atoms. The van der Waals surface area contributed by atoms with Crippen molar-refractivity contribution in [1.82, 2.24) is 0 Å². The van der Waals surface area contributed by atoms with Crippen LogP contribution in [0.1, 0.15) is 30.5 Å². The standard InChI is InChI=1S/C11H17N/c1-4-9-6-8(3)11(12)10(5-2)7-9/h6-7H,4-5,12H2,1-3H3. The van der Waals surface area contributed by atoms with E-state index in [-0.39, 0.29) is 0 Å². The maximum atomic E-state index is 5.92. The Labute approximate surface area is 74.6 Å². The lowest BCUT2D eigenvalue weighted by molar-refractivity contribution is 1.08. The van der Waals surface area contributed by atoms with Crippen molar-refractivity contribution < 1.29 is 0 Å². The van der Waals surface area contributed by atoms with Gasteiger partial charge in [-0.2, -0.15) is 0 Å². The molecule has 0 aliphatic carbocycles. The van der Waals surface area contributed by atoms with E-state index in [2.05, 4.69) is 32.9 Å². The van der Waals surface area contributed by atoms with Crippen molar-refractivity contribution in [2.75, 3.05) is 5.73 Å². The lowest BCUT2D eigenvalue weighted by Crippen LogP contribution is -1.98. The fraction of sp³-hybridized carbons (Fsp3) is 0.455. The molecule has 0 saturated carbocycles. The Hall–Kier alpha value is -0.980. The van der Waals surface area contributed by atoms with Gasteiger partial charge in [0.1, 0.15) is 0 Å². The van der Waals surface area contributed by atoms with Crippen LogP contribution >= 0.6 is 0 Å². The van der Waals surface area contributed by atoms with Gasteiger partial charge in [-0.15, -0.1) is 0 Å². The predicted octanol–water partition coefficient (Wildman–Crippen LogP) is 2.70. The van der Waals surface area contributed by atoms with Crippen LogP contribution in [-0.2, 0) is 12.8 Å². The van der Waals surface area contributed by atoms with E-state index >= 15 is 0 Å². The Morgan fingerprint density at radius 3 is 2.33 bits per heavy atom. The van der Waals surface area contributed by atoms with Gasteiger partial charge in [0.2, 0.25) is 0 Å². The zero-order chi connectivity index (χ0) is 9.14. The Balaban J connectivity index is 3.19. The van der Waals surface area contributed by atoms with Gasteiger partial charge >= 0.3 is 0 Å². The average molecular weight is 163 g/mol. The van der Waals surface area contributed by atoms with Gasteiger partial charge < -0.3 is 5.73 Å². The smallest absolute Gasteiger partial charge is 0.0376 e. The molecule has 1 aromatic rings. The lowest BCUT2D eigenvalue weighted by atomic mass is 10.0. The molecule has 0 fully saturated rings. The SMILES string of the molecule is CCc1cc(C)c(N)c(CC)c1. The molecule has 1 heteroatoms. The molecule has 0 radical (unpaired) electrons. The summed E-state index contributed by atoms with van der Waals surface area (Å²) in [6.45, 7) is 6.39. The summed E-state index contributed by atoms with van der Waals surface area (Å²) in [5, 5.41) is 0. The highest BCUT2D eigenvalue weighted by molar-refractivity contribution is 5.55. The van der Waals surface area contributed by atoms with E-state index in [1.165, 1.54) is 16.7 Å². The third kappa shape index (κ3) is 1.60. The molecule has 1 rings (SSSR count). The minimum atomic E-state index is 0.967. The van der Waals surface area contributed by atoms with E-state index in [4.69, 9.17) is 5.73 Å². The number of aryl methyl sites for hydroxylation is 3. The minimum Gasteiger partial charge on any atom is -0.398 e. The zero-order valence-corrected chi connectivity index (χ0v) is 8.15. The summed E-state index contributed by atoms with van der Waals surface area (Å²) in [6.07, 6.45) is 2.12. The molecule has 0 heterocycles. The third-order valence-electron chi connectivity index (χ3n) is 2.32. The second-order valence-corrected chi connectivity index (χ2v) is 3.19. The molecule has 66 valence electrons. The second kappa shape index (κ2) is 3.61. The summed E-state index contributed by atoms with van der Waals surface area (Å²) < 4.78 is 0. The molecular weight excluding hydrogens is 146 g/mol. The van der Waals surface area contributed by atoms with Gasteiger partial charge in [0.05, 0.1) is 0 Å². The first kappa shape index (κ1) is 9.11. The first-order chi connectivity index (χ1) is 5.69. The van der Waals surface area contributed by atoms with Crippen LogP contribution in [0.3, 0.4) is 0 Å². The molecule has 0 atom stereocenters. The van der Waals surface area contributed by atoms with Gasteiger partial charge in [-0.3, -0.25) is 0 Å².